The highest BCUT2D eigenvalue weighted by Gasteiger charge is 2.17. The van der Waals surface area contributed by atoms with Crippen LogP contribution in [0.1, 0.15) is 38.3 Å². The highest BCUT2D eigenvalue weighted by Crippen LogP contribution is 2.28. The topological polar surface area (TPSA) is 42.2 Å². The summed E-state index contributed by atoms with van der Waals surface area (Å²) >= 11 is 0. The molecular weight excluding hydrogens is 286 g/mol. The van der Waals surface area contributed by atoms with Crippen LogP contribution in [0.4, 0.5) is 0 Å². The largest absolute Gasteiger partial charge is 0.490 e. The van der Waals surface area contributed by atoms with Gasteiger partial charge in [0.15, 0.2) is 0 Å². The Bertz CT molecular complexity index is 669. The summed E-state index contributed by atoms with van der Waals surface area (Å²) in [5.74, 6) is 1.53. The zero-order valence-corrected chi connectivity index (χ0v) is 14.0. The van der Waals surface area contributed by atoms with Gasteiger partial charge in [0.1, 0.15) is 24.7 Å². The van der Waals surface area contributed by atoms with E-state index >= 15 is 0 Å². The summed E-state index contributed by atoms with van der Waals surface area (Å²) in [5.41, 5.74) is 2.10. The molecular formula is C20H23NO2. The maximum atomic E-state index is 8.85. The van der Waals surface area contributed by atoms with Crippen LogP contribution < -0.4 is 9.47 Å². The standard InChI is InChI=1S/C20H23NO2/c1-4-20(2,3)17-8-10-18(11-9-17)22-12-13-23-19-7-5-6-16(14-19)15-21/h5-11,14H,4,12-13H2,1-3H3. The minimum atomic E-state index is 0.188. The van der Waals surface area contributed by atoms with Crippen molar-refractivity contribution in [3.8, 4) is 17.6 Å². The van der Waals surface area contributed by atoms with Crippen LogP contribution in [0, 0.1) is 11.3 Å². The van der Waals surface area contributed by atoms with E-state index in [0.29, 0.717) is 24.5 Å². The first kappa shape index (κ1) is 16.9. The average Bonchev–Trinajstić information content (AvgIpc) is 2.59. The summed E-state index contributed by atoms with van der Waals surface area (Å²) in [6, 6.07) is 17.5. The lowest BCUT2D eigenvalue weighted by Crippen LogP contribution is -2.15. The second-order valence-electron chi connectivity index (χ2n) is 6.10. The van der Waals surface area contributed by atoms with Crippen molar-refractivity contribution in [2.24, 2.45) is 0 Å². The molecule has 0 heterocycles. The van der Waals surface area contributed by atoms with Gasteiger partial charge in [-0.1, -0.05) is 39.0 Å². The van der Waals surface area contributed by atoms with Crippen molar-refractivity contribution in [2.75, 3.05) is 13.2 Å². The normalized spacial score (nSPS) is 10.9. The second-order valence-corrected chi connectivity index (χ2v) is 6.10. The molecule has 0 atom stereocenters. The van der Waals surface area contributed by atoms with Crippen LogP contribution in [0.3, 0.4) is 0 Å². The van der Waals surface area contributed by atoms with E-state index < -0.39 is 0 Å². The van der Waals surface area contributed by atoms with E-state index in [0.717, 1.165) is 12.2 Å². The van der Waals surface area contributed by atoms with Gasteiger partial charge in [0.05, 0.1) is 11.6 Å². The molecule has 2 aromatic rings. The molecule has 0 fully saturated rings. The molecule has 0 aromatic heterocycles. The van der Waals surface area contributed by atoms with E-state index in [1.54, 1.807) is 12.1 Å². The molecule has 0 N–H and O–H groups in total. The second kappa shape index (κ2) is 7.69. The lowest BCUT2D eigenvalue weighted by Gasteiger charge is -2.23. The van der Waals surface area contributed by atoms with Crippen LogP contribution in [0.2, 0.25) is 0 Å². The number of hydrogen-bond acceptors (Lipinski definition) is 3. The zero-order chi connectivity index (χ0) is 16.7. The van der Waals surface area contributed by atoms with Crippen molar-refractivity contribution in [3.63, 3.8) is 0 Å². The van der Waals surface area contributed by atoms with Gasteiger partial charge in [-0.25, -0.2) is 0 Å². The third kappa shape index (κ3) is 4.75. The van der Waals surface area contributed by atoms with Crippen LogP contribution in [0.15, 0.2) is 48.5 Å². The molecule has 0 saturated carbocycles. The van der Waals surface area contributed by atoms with Crippen LogP contribution in [-0.4, -0.2) is 13.2 Å². The average molecular weight is 309 g/mol. The summed E-state index contributed by atoms with van der Waals surface area (Å²) < 4.78 is 11.3. The summed E-state index contributed by atoms with van der Waals surface area (Å²) in [7, 11) is 0. The first-order chi connectivity index (χ1) is 11.0. The summed E-state index contributed by atoms with van der Waals surface area (Å²) in [4.78, 5) is 0. The van der Waals surface area contributed by atoms with E-state index in [9.17, 15) is 0 Å². The van der Waals surface area contributed by atoms with E-state index in [4.69, 9.17) is 14.7 Å². The van der Waals surface area contributed by atoms with Crippen molar-refractivity contribution < 1.29 is 9.47 Å². The van der Waals surface area contributed by atoms with Gasteiger partial charge < -0.3 is 9.47 Å². The fourth-order valence-electron chi connectivity index (χ4n) is 2.18. The van der Waals surface area contributed by atoms with E-state index in [1.165, 1.54) is 5.56 Å². The predicted molar refractivity (Wildman–Crippen MR) is 91.9 cm³/mol. The number of hydrogen-bond donors (Lipinski definition) is 0. The molecule has 3 nitrogen and oxygen atoms in total. The van der Waals surface area contributed by atoms with Crippen LogP contribution in [0.5, 0.6) is 11.5 Å². The molecule has 0 spiro atoms. The fraction of sp³-hybridized carbons (Fsp3) is 0.350. The Morgan fingerprint density at radius 3 is 2.22 bits per heavy atom. The number of ether oxygens (including phenoxy) is 2. The molecule has 0 bridgehead atoms. The van der Waals surface area contributed by atoms with Crippen LogP contribution in [-0.2, 0) is 5.41 Å². The monoisotopic (exact) mass is 309 g/mol. The minimum Gasteiger partial charge on any atom is -0.490 e. The van der Waals surface area contributed by atoms with Crippen molar-refractivity contribution >= 4 is 0 Å². The van der Waals surface area contributed by atoms with Crippen LogP contribution in [0.25, 0.3) is 0 Å². The Morgan fingerprint density at radius 1 is 0.957 bits per heavy atom. The maximum absolute atomic E-state index is 8.85. The Kier molecular flexibility index (Phi) is 5.65. The van der Waals surface area contributed by atoms with Gasteiger partial charge in [0.25, 0.3) is 0 Å². The quantitative estimate of drug-likeness (QED) is 0.696. The lowest BCUT2D eigenvalue weighted by molar-refractivity contribution is 0.217. The summed E-state index contributed by atoms with van der Waals surface area (Å²) in [6.07, 6.45) is 1.10. The molecule has 0 saturated heterocycles. The molecule has 3 heteroatoms. The highest BCUT2D eigenvalue weighted by molar-refractivity contribution is 5.36. The summed E-state index contributed by atoms with van der Waals surface area (Å²) in [5, 5.41) is 8.85. The van der Waals surface area contributed by atoms with E-state index in [1.807, 2.05) is 24.3 Å². The zero-order valence-electron chi connectivity index (χ0n) is 14.0. The van der Waals surface area contributed by atoms with E-state index in [2.05, 4.69) is 39.0 Å². The number of rotatable bonds is 7. The molecule has 0 aliphatic carbocycles. The molecule has 0 unspecified atom stereocenters. The van der Waals surface area contributed by atoms with Gasteiger partial charge in [-0.15, -0.1) is 0 Å². The van der Waals surface area contributed by atoms with Gasteiger partial charge in [-0.3, -0.25) is 0 Å². The summed E-state index contributed by atoms with van der Waals surface area (Å²) in [6.45, 7) is 7.59. The lowest BCUT2D eigenvalue weighted by atomic mass is 9.82. The van der Waals surface area contributed by atoms with Crippen LogP contribution >= 0.6 is 0 Å². The molecule has 0 amide bonds. The molecule has 2 rings (SSSR count). The smallest absolute Gasteiger partial charge is 0.122 e. The predicted octanol–water partition coefficient (Wildman–Crippen LogP) is 4.70. The first-order valence-corrected chi connectivity index (χ1v) is 7.91. The van der Waals surface area contributed by atoms with Crippen molar-refractivity contribution in [3.05, 3.63) is 59.7 Å². The van der Waals surface area contributed by atoms with Gasteiger partial charge >= 0.3 is 0 Å². The van der Waals surface area contributed by atoms with Gasteiger partial charge in [0.2, 0.25) is 0 Å². The highest BCUT2D eigenvalue weighted by atomic mass is 16.5. The Morgan fingerprint density at radius 2 is 1.61 bits per heavy atom. The van der Waals surface area contributed by atoms with Gasteiger partial charge in [-0.2, -0.15) is 5.26 Å². The minimum absolute atomic E-state index is 0.188. The Balaban J connectivity index is 1.81. The third-order valence-corrected chi connectivity index (χ3v) is 4.10. The van der Waals surface area contributed by atoms with Crippen molar-refractivity contribution in [1.29, 1.82) is 5.26 Å². The maximum Gasteiger partial charge on any atom is 0.122 e. The molecule has 0 aliphatic heterocycles. The van der Waals surface area contributed by atoms with E-state index in [-0.39, 0.29) is 5.41 Å². The number of nitriles is 1. The van der Waals surface area contributed by atoms with Crippen molar-refractivity contribution in [2.45, 2.75) is 32.6 Å². The molecule has 120 valence electrons. The van der Waals surface area contributed by atoms with Gasteiger partial charge in [0, 0.05) is 0 Å². The number of benzene rings is 2. The Hall–Kier alpha value is -2.47. The third-order valence-electron chi connectivity index (χ3n) is 4.10. The number of nitrogens with zero attached hydrogens (tertiary/aromatic N) is 1. The SMILES string of the molecule is CCC(C)(C)c1ccc(OCCOc2cccc(C#N)c2)cc1. The molecule has 23 heavy (non-hydrogen) atoms. The first-order valence-electron chi connectivity index (χ1n) is 7.91. The molecule has 0 aliphatic rings. The fourth-order valence-corrected chi connectivity index (χ4v) is 2.18. The van der Waals surface area contributed by atoms with Gasteiger partial charge in [-0.05, 0) is 47.7 Å². The molecule has 0 radical (unpaired) electrons. The van der Waals surface area contributed by atoms with Crippen molar-refractivity contribution in [1.82, 2.24) is 0 Å². The molecule has 2 aromatic carbocycles. The Labute approximate surface area is 138 Å².